The van der Waals surface area contributed by atoms with Gasteiger partial charge in [0.1, 0.15) is 0 Å². The van der Waals surface area contributed by atoms with Gasteiger partial charge in [-0.25, -0.2) is 4.98 Å². The first-order valence-corrected chi connectivity index (χ1v) is 6.65. The number of carboxylic acids is 1. The molecule has 0 fully saturated rings. The molecular weight excluding hydrogens is 238 g/mol. The highest BCUT2D eigenvalue weighted by atomic mass is 32.2. The number of carboxylic acid groups (broad SMARTS) is 1. The lowest BCUT2D eigenvalue weighted by atomic mass is 10.2. The van der Waals surface area contributed by atoms with Crippen molar-refractivity contribution in [1.29, 1.82) is 0 Å². The number of carbonyl (C=O) groups is 1. The Bertz CT molecular complexity index is 398. The minimum absolute atomic E-state index is 0.403. The number of nitrogens with zero attached hydrogens (tertiary/aromatic N) is 3. The molecule has 0 amide bonds. The lowest BCUT2D eigenvalue weighted by Crippen LogP contribution is -2.12. The van der Waals surface area contributed by atoms with E-state index in [4.69, 9.17) is 5.11 Å². The smallest absolute Gasteiger partial charge is 0.307 e. The van der Waals surface area contributed by atoms with Gasteiger partial charge in [-0.2, -0.15) is 5.10 Å². The third-order valence-electron chi connectivity index (χ3n) is 2.37. The molecule has 0 aliphatic rings. The summed E-state index contributed by atoms with van der Waals surface area (Å²) in [5.41, 5.74) is 1.87. The van der Waals surface area contributed by atoms with Crippen molar-refractivity contribution < 1.29 is 9.90 Å². The number of rotatable bonds is 6. The fourth-order valence-electron chi connectivity index (χ4n) is 1.25. The maximum absolute atomic E-state index is 10.7. The van der Waals surface area contributed by atoms with Gasteiger partial charge in [0.2, 0.25) is 5.16 Å². The van der Waals surface area contributed by atoms with E-state index >= 15 is 0 Å². The Morgan fingerprint density at radius 3 is 2.47 bits per heavy atom. The van der Waals surface area contributed by atoms with E-state index in [9.17, 15) is 4.79 Å². The van der Waals surface area contributed by atoms with Gasteiger partial charge in [-0.05, 0) is 12.8 Å². The summed E-state index contributed by atoms with van der Waals surface area (Å²) in [6.07, 6.45) is 1.64. The second kappa shape index (κ2) is 6.54. The van der Waals surface area contributed by atoms with Gasteiger partial charge in [-0.1, -0.05) is 32.5 Å². The van der Waals surface area contributed by atoms with Crippen molar-refractivity contribution in [1.82, 2.24) is 15.2 Å². The summed E-state index contributed by atoms with van der Waals surface area (Å²) in [4.78, 5) is 15.1. The van der Waals surface area contributed by atoms with Gasteiger partial charge >= 0.3 is 5.97 Å². The van der Waals surface area contributed by atoms with Gasteiger partial charge in [0.05, 0.1) is 17.3 Å². The molecule has 0 bridgehead atoms. The zero-order chi connectivity index (χ0) is 12.8. The number of aliphatic carboxylic acids is 1. The van der Waals surface area contributed by atoms with E-state index in [1.807, 2.05) is 13.8 Å². The molecule has 1 rings (SSSR count). The second-order valence-corrected chi connectivity index (χ2v) is 4.73. The molecule has 1 unspecified atom stereocenters. The number of aryl methyl sites for hydroxylation is 2. The summed E-state index contributed by atoms with van der Waals surface area (Å²) >= 11 is 1.34. The van der Waals surface area contributed by atoms with Crippen molar-refractivity contribution in [2.45, 2.75) is 38.8 Å². The zero-order valence-corrected chi connectivity index (χ0v) is 11.1. The molecule has 94 valence electrons. The molecule has 0 spiro atoms. The maximum Gasteiger partial charge on any atom is 0.307 e. The quantitative estimate of drug-likeness (QED) is 0.781. The highest BCUT2D eigenvalue weighted by molar-refractivity contribution is 7.99. The van der Waals surface area contributed by atoms with E-state index in [0.717, 1.165) is 24.2 Å². The van der Waals surface area contributed by atoms with Crippen LogP contribution in [0.4, 0.5) is 0 Å². The summed E-state index contributed by atoms with van der Waals surface area (Å²) < 4.78 is 0. The molecular formula is C11H17N3O2S. The summed E-state index contributed by atoms with van der Waals surface area (Å²) in [5.74, 6) is -0.739. The second-order valence-electron chi connectivity index (χ2n) is 3.75. The topological polar surface area (TPSA) is 76.0 Å². The lowest BCUT2D eigenvalue weighted by molar-refractivity contribution is -0.140. The van der Waals surface area contributed by atoms with Gasteiger partial charge in [-0.3, -0.25) is 4.79 Å². The lowest BCUT2D eigenvalue weighted by Gasteiger charge is -2.07. The molecule has 1 N–H and O–H groups in total. The SMILES string of the molecule is CCc1nnc(SCC(C)C(=O)O)nc1CC. The Kier molecular flexibility index (Phi) is 5.34. The highest BCUT2D eigenvalue weighted by Gasteiger charge is 2.13. The summed E-state index contributed by atoms with van der Waals surface area (Å²) in [5, 5.41) is 17.4. The third-order valence-corrected chi connectivity index (χ3v) is 3.47. The normalized spacial score (nSPS) is 12.4. The third kappa shape index (κ3) is 3.96. The van der Waals surface area contributed by atoms with Crippen LogP contribution in [0.5, 0.6) is 0 Å². The molecule has 0 aromatic carbocycles. The molecule has 1 aromatic heterocycles. The standard InChI is InChI=1S/C11H17N3O2S/c1-4-8-9(5-2)13-14-11(12-8)17-6-7(3)10(15)16/h7H,4-6H2,1-3H3,(H,15,16). The Labute approximate surface area is 105 Å². The number of aromatic nitrogens is 3. The van der Waals surface area contributed by atoms with Crippen LogP contribution in [0.2, 0.25) is 0 Å². The summed E-state index contributed by atoms with van der Waals surface area (Å²) in [6.45, 7) is 5.71. The highest BCUT2D eigenvalue weighted by Crippen LogP contribution is 2.17. The Morgan fingerprint density at radius 2 is 1.94 bits per heavy atom. The van der Waals surface area contributed by atoms with Crippen molar-refractivity contribution >= 4 is 17.7 Å². The van der Waals surface area contributed by atoms with Gasteiger partial charge in [0, 0.05) is 5.75 Å². The molecule has 0 aliphatic carbocycles. The van der Waals surface area contributed by atoms with Crippen molar-refractivity contribution in [3.8, 4) is 0 Å². The van der Waals surface area contributed by atoms with E-state index in [1.165, 1.54) is 11.8 Å². The van der Waals surface area contributed by atoms with Crippen LogP contribution in [0.1, 0.15) is 32.2 Å². The van der Waals surface area contributed by atoms with Crippen LogP contribution >= 0.6 is 11.8 Å². The Morgan fingerprint density at radius 1 is 1.29 bits per heavy atom. The van der Waals surface area contributed by atoms with E-state index < -0.39 is 11.9 Å². The molecule has 0 radical (unpaired) electrons. The van der Waals surface area contributed by atoms with Crippen molar-refractivity contribution in [2.24, 2.45) is 5.92 Å². The Balaban J connectivity index is 2.69. The number of thioether (sulfide) groups is 1. The molecule has 0 saturated heterocycles. The average Bonchev–Trinajstić information content (AvgIpc) is 2.35. The molecule has 17 heavy (non-hydrogen) atoms. The van der Waals surface area contributed by atoms with Crippen LogP contribution in [-0.2, 0) is 17.6 Å². The van der Waals surface area contributed by atoms with Crippen LogP contribution in [0.3, 0.4) is 0 Å². The minimum atomic E-state index is -0.800. The van der Waals surface area contributed by atoms with E-state index in [-0.39, 0.29) is 0 Å². The fraction of sp³-hybridized carbons (Fsp3) is 0.636. The monoisotopic (exact) mass is 255 g/mol. The summed E-state index contributed by atoms with van der Waals surface area (Å²) in [6, 6.07) is 0. The molecule has 1 atom stereocenters. The molecule has 5 nitrogen and oxygen atoms in total. The van der Waals surface area contributed by atoms with Crippen molar-refractivity contribution in [3.63, 3.8) is 0 Å². The first-order chi connectivity index (χ1) is 8.08. The molecule has 6 heteroatoms. The molecule has 1 heterocycles. The molecule has 0 aliphatic heterocycles. The van der Waals surface area contributed by atoms with E-state index in [2.05, 4.69) is 15.2 Å². The number of hydrogen-bond donors (Lipinski definition) is 1. The van der Waals surface area contributed by atoms with E-state index in [1.54, 1.807) is 6.92 Å². The average molecular weight is 255 g/mol. The van der Waals surface area contributed by atoms with Crippen LogP contribution in [0, 0.1) is 5.92 Å². The predicted octanol–water partition coefficient (Wildman–Crippen LogP) is 1.81. The van der Waals surface area contributed by atoms with Crippen molar-refractivity contribution in [3.05, 3.63) is 11.4 Å². The van der Waals surface area contributed by atoms with Gasteiger partial charge in [0.25, 0.3) is 0 Å². The van der Waals surface area contributed by atoms with Crippen molar-refractivity contribution in [2.75, 3.05) is 5.75 Å². The fourth-order valence-corrected chi connectivity index (χ4v) is 2.07. The minimum Gasteiger partial charge on any atom is -0.481 e. The first-order valence-electron chi connectivity index (χ1n) is 5.66. The van der Waals surface area contributed by atoms with Gasteiger partial charge in [0.15, 0.2) is 0 Å². The van der Waals surface area contributed by atoms with Gasteiger partial charge in [-0.15, -0.1) is 5.10 Å². The van der Waals surface area contributed by atoms with Crippen LogP contribution in [0.15, 0.2) is 5.16 Å². The predicted molar refractivity (Wildman–Crippen MR) is 66.1 cm³/mol. The Hall–Kier alpha value is -1.17. The van der Waals surface area contributed by atoms with Gasteiger partial charge < -0.3 is 5.11 Å². The van der Waals surface area contributed by atoms with Crippen LogP contribution in [0.25, 0.3) is 0 Å². The zero-order valence-electron chi connectivity index (χ0n) is 10.3. The molecule has 0 saturated carbocycles. The largest absolute Gasteiger partial charge is 0.481 e. The van der Waals surface area contributed by atoms with Crippen LogP contribution < -0.4 is 0 Å². The van der Waals surface area contributed by atoms with Crippen LogP contribution in [-0.4, -0.2) is 32.0 Å². The number of hydrogen-bond acceptors (Lipinski definition) is 5. The summed E-state index contributed by atoms with van der Waals surface area (Å²) in [7, 11) is 0. The maximum atomic E-state index is 10.7. The van der Waals surface area contributed by atoms with E-state index in [0.29, 0.717) is 10.9 Å². The first kappa shape index (κ1) is 13.9. The molecule has 1 aromatic rings.